The summed E-state index contributed by atoms with van der Waals surface area (Å²) in [5.41, 5.74) is 0.929. The van der Waals surface area contributed by atoms with Crippen LogP contribution in [-0.4, -0.2) is 39.9 Å². The Balaban J connectivity index is 2.19. The second-order valence-electron chi connectivity index (χ2n) is 6.59. The van der Waals surface area contributed by atoms with Crippen molar-refractivity contribution in [1.29, 1.82) is 0 Å². The van der Waals surface area contributed by atoms with E-state index in [0.29, 0.717) is 0 Å². The van der Waals surface area contributed by atoms with Crippen molar-refractivity contribution in [2.45, 2.75) is 24.7 Å². The molecule has 0 atom stereocenters. The molecule has 1 aromatic heterocycles. The minimum atomic E-state index is -1.74. The molecule has 0 radical (unpaired) electrons. The zero-order valence-electron chi connectivity index (χ0n) is 13.9. The maximum Gasteiger partial charge on any atom is 0.313 e. The molecule has 0 fully saturated rings. The second kappa shape index (κ2) is 6.41. The van der Waals surface area contributed by atoms with Crippen LogP contribution in [0.3, 0.4) is 0 Å². The van der Waals surface area contributed by atoms with Crippen LogP contribution < -0.4 is 5.32 Å². The molecule has 0 unspecified atom stereocenters. The van der Waals surface area contributed by atoms with E-state index in [1.807, 2.05) is 30.3 Å². The van der Waals surface area contributed by atoms with Crippen molar-refractivity contribution < 1.29 is 9.90 Å². The van der Waals surface area contributed by atoms with E-state index in [-0.39, 0.29) is 5.75 Å². The summed E-state index contributed by atoms with van der Waals surface area (Å²) in [5.74, 6) is -0.845. The summed E-state index contributed by atoms with van der Waals surface area (Å²) < 4.78 is 1.80. The number of benzene rings is 2. The largest absolute Gasteiger partial charge is 0.481 e. The van der Waals surface area contributed by atoms with Gasteiger partial charge in [0.25, 0.3) is 0 Å². The maximum atomic E-state index is 11.1. The average Bonchev–Trinajstić information content (AvgIpc) is 2.96. The van der Waals surface area contributed by atoms with Crippen LogP contribution in [0.2, 0.25) is 19.6 Å². The predicted octanol–water partition coefficient (Wildman–Crippen LogP) is 3.14. The summed E-state index contributed by atoms with van der Waals surface area (Å²) >= 11 is 1.29. The lowest BCUT2D eigenvalue weighted by Gasteiger charge is -2.15. The smallest absolute Gasteiger partial charge is 0.313 e. The number of nitrogens with zero attached hydrogens (tertiary/aromatic N) is 3. The molecule has 7 heteroatoms. The molecule has 0 spiro atoms. The topological polar surface area (TPSA) is 68.0 Å². The lowest BCUT2D eigenvalue weighted by molar-refractivity contribution is -0.133. The van der Waals surface area contributed by atoms with Crippen molar-refractivity contribution in [3.8, 4) is 5.69 Å². The molecular formula is C17H19N3O2SSi. The third-order valence-electron chi connectivity index (χ3n) is 3.67. The molecule has 0 saturated carbocycles. The van der Waals surface area contributed by atoms with E-state index >= 15 is 0 Å². The molecule has 0 bridgehead atoms. The zero-order valence-corrected chi connectivity index (χ0v) is 15.7. The first kappa shape index (κ1) is 16.7. The van der Waals surface area contributed by atoms with Gasteiger partial charge >= 0.3 is 5.97 Å². The first-order valence-corrected chi connectivity index (χ1v) is 12.2. The summed E-state index contributed by atoms with van der Waals surface area (Å²) in [4.78, 5) is 11.1. The van der Waals surface area contributed by atoms with E-state index in [1.54, 1.807) is 4.68 Å². The van der Waals surface area contributed by atoms with Gasteiger partial charge < -0.3 is 5.11 Å². The summed E-state index contributed by atoms with van der Waals surface area (Å²) in [7, 11) is -1.74. The van der Waals surface area contributed by atoms with Crippen molar-refractivity contribution in [2.24, 2.45) is 0 Å². The van der Waals surface area contributed by atoms with Gasteiger partial charge in [0.1, 0.15) is 13.1 Å². The zero-order chi connectivity index (χ0) is 17.3. The quantitative estimate of drug-likeness (QED) is 0.561. The first-order chi connectivity index (χ1) is 11.4. The minimum Gasteiger partial charge on any atom is -0.481 e. The van der Waals surface area contributed by atoms with Gasteiger partial charge in [-0.3, -0.25) is 4.79 Å². The van der Waals surface area contributed by atoms with Crippen molar-refractivity contribution in [1.82, 2.24) is 15.0 Å². The Morgan fingerprint density at radius 3 is 2.58 bits per heavy atom. The van der Waals surface area contributed by atoms with Crippen molar-refractivity contribution in [2.75, 3.05) is 5.75 Å². The van der Waals surface area contributed by atoms with Crippen LogP contribution in [-0.2, 0) is 4.79 Å². The lowest BCUT2D eigenvalue weighted by Crippen LogP contribution is -2.40. The molecule has 1 N–H and O–H groups in total. The normalized spacial score (nSPS) is 11.8. The monoisotopic (exact) mass is 357 g/mol. The van der Waals surface area contributed by atoms with E-state index < -0.39 is 14.0 Å². The van der Waals surface area contributed by atoms with Crippen LogP contribution in [0.1, 0.15) is 0 Å². The van der Waals surface area contributed by atoms with Gasteiger partial charge in [-0.05, 0) is 11.5 Å². The number of rotatable bonds is 5. The number of fused-ring (bicyclic) bond motifs is 1. The number of aliphatic carboxylic acids is 1. The first-order valence-electron chi connectivity index (χ1n) is 7.67. The number of hydrogen-bond acceptors (Lipinski definition) is 4. The molecule has 3 aromatic rings. The van der Waals surface area contributed by atoms with Gasteiger partial charge in [0, 0.05) is 5.39 Å². The van der Waals surface area contributed by atoms with Crippen molar-refractivity contribution in [3.63, 3.8) is 0 Å². The Kier molecular flexibility index (Phi) is 4.47. The highest BCUT2D eigenvalue weighted by molar-refractivity contribution is 8.00. The number of thioether (sulfide) groups is 1. The molecular weight excluding hydrogens is 338 g/mol. The average molecular weight is 358 g/mol. The molecule has 124 valence electrons. The Morgan fingerprint density at radius 1 is 1.17 bits per heavy atom. The molecule has 0 amide bonds. The lowest BCUT2D eigenvalue weighted by atomic mass is 10.1. The van der Waals surface area contributed by atoms with Crippen LogP contribution in [0.15, 0.2) is 47.5 Å². The van der Waals surface area contributed by atoms with E-state index in [0.717, 1.165) is 26.8 Å². The molecule has 3 rings (SSSR count). The van der Waals surface area contributed by atoms with E-state index in [9.17, 15) is 4.79 Å². The number of hydrogen-bond donors (Lipinski definition) is 1. The van der Waals surface area contributed by atoms with Gasteiger partial charge in [0.15, 0.2) is 0 Å². The SMILES string of the molecule is C[Si](C)(C)c1nnn(-c2cccc3ccccc23)c1SCC(=O)O. The number of carbonyl (C=O) groups is 1. The van der Waals surface area contributed by atoms with Gasteiger partial charge in [0.2, 0.25) is 0 Å². The molecule has 0 aliphatic carbocycles. The fourth-order valence-electron chi connectivity index (χ4n) is 2.55. The van der Waals surface area contributed by atoms with Gasteiger partial charge in [0.05, 0.1) is 16.8 Å². The van der Waals surface area contributed by atoms with Crippen LogP contribution in [0.5, 0.6) is 0 Å². The highest BCUT2D eigenvalue weighted by Gasteiger charge is 2.28. The molecule has 0 aliphatic rings. The van der Waals surface area contributed by atoms with Crippen LogP contribution in [0, 0.1) is 0 Å². The highest BCUT2D eigenvalue weighted by Crippen LogP contribution is 2.26. The van der Waals surface area contributed by atoms with Gasteiger partial charge in [-0.1, -0.05) is 73.0 Å². The molecule has 5 nitrogen and oxygen atoms in total. The number of carboxylic acids is 1. The number of aromatic nitrogens is 3. The van der Waals surface area contributed by atoms with Gasteiger partial charge in [-0.25, -0.2) is 4.68 Å². The second-order valence-corrected chi connectivity index (χ2v) is 12.5. The van der Waals surface area contributed by atoms with E-state index in [2.05, 4.69) is 42.1 Å². The Morgan fingerprint density at radius 2 is 1.88 bits per heavy atom. The van der Waals surface area contributed by atoms with E-state index in [4.69, 9.17) is 5.11 Å². The molecule has 24 heavy (non-hydrogen) atoms. The highest BCUT2D eigenvalue weighted by atomic mass is 32.2. The fourth-order valence-corrected chi connectivity index (χ4v) is 5.48. The minimum absolute atomic E-state index is 0.00435. The Bertz CT molecular complexity index is 897. The summed E-state index contributed by atoms with van der Waals surface area (Å²) in [6.07, 6.45) is 0. The summed E-state index contributed by atoms with van der Waals surface area (Å²) in [5, 5.41) is 21.8. The van der Waals surface area contributed by atoms with Crippen molar-refractivity contribution in [3.05, 3.63) is 42.5 Å². The number of carboxylic acid groups (broad SMARTS) is 1. The molecule has 0 saturated heterocycles. The van der Waals surface area contributed by atoms with Gasteiger partial charge in [-0.2, -0.15) is 0 Å². The standard InChI is InChI=1S/C17H19N3O2SSi/c1-24(2,3)16-17(23-11-15(21)22)20(19-18-16)14-10-6-8-12-7-4-5-9-13(12)14/h4-10H,11H2,1-3H3,(H,21,22). The van der Waals surface area contributed by atoms with Crippen molar-refractivity contribution >= 4 is 41.9 Å². The van der Waals surface area contributed by atoms with Crippen LogP contribution in [0.25, 0.3) is 16.5 Å². The third-order valence-corrected chi connectivity index (χ3v) is 6.64. The van der Waals surface area contributed by atoms with E-state index in [1.165, 1.54) is 11.8 Å². The fraction of sp³-hybridized carbons (Fsp3) is 0.235. The van der Waals surface area contributed by atoms with Crippen LogP contribution >= 0.6 is 11.8 Å². The maximum absolute atomic E-state index is 11.1. The Hall–Kier alpha value is -2.12. The molecule has 1 heterocycles. The third kappa shape index (κ3) is 3.22. The Labute approximate surface area is 145 Å². The molecule has 2 aromatic carbocycles. The van der Waals surface area contributed by atoms with Crippen LogP contribution in [0.4, 0.5) is 0 Å². The van der Waals surface area contributed by atoms with Gasteiger partial charge in [-0.15, -0.1) is 5.10 Å². The predicted molar refractivity (Wildman–Crippen MR) is 100 cm³/mol. The summed E-state index contributed by atoms with van der Waals surface area (Å²) in [6.45, 7) is 6.57. The summed E-state index contributed by atoms with van der Waals surface area (Å²) in [6, 6.07) is 14.1. The molecule has 0 aliphatic heterocycles.